The monoisotopic (exact) mass is 1660 g/mol. The summed E-state index contributed by atoms with van der Waals surface area (Å²) < 4.78 is 0. The van der Waals surface area contributed by atoms with Crippen molar-refractivity contribution in [2.75, 3.05) is 97.1 Å². The second-order valence-corrected chi connectivity index (χ2v) is 30.7. The molecule has 0 radical (unpaired) electrons. The normalized spacial score (nSPS) is 15.5. The number of hydrazine groups is 1. The van der Waals surface area contributed by atoms with E-state index in [1.54, 1.807) is 94.2 Å². The van der Waals surface area contributed by atoms with Gasteiger partial charge in [-0.25, -0.2) is 4.98 Å². The molecule has 1 aliphatic heterocycles. The van der Waals surface area contributed by atoms with Crippen molar-refractivity contribution in [1.29, 1.82) is 0 Å². The summed E-state index contributed by atoms with van der Waals surface area (Å²) in [5.41, 5.74) is 16.6. The van der Waals surface area contributed by atoms with Gasteiger partial charge in [-0.2, -0.15) is 11.8 Å². The van der Waals surface area contributed by atoms with Crippen LogP contribution < -0.4 is 64.7 Å². The van der Waals surface area contributed by atoms with Crippen LogP contribution in [0.5, 0.6) is 0 Å². The number of thioether (sulfide) groups is 1. The number of primary amides is 2. The zero-order valence-electron chi connectivity index (χ0n) is 66.9. The molecule has 3 heterocycles. The summed E-state index contributed by atoms with van der Waals surface area (Å²) in [7, 11) is 0. The molecule has 118 heavy (non-hydrogen) atoms. The van der Waals surface area contributed by atoms with Gasteiger partial charge in [0.05, 0.1) is 45.2 Å². The summed E-state index contributed by atoms with van der Waals surface area (Å²) in [5.74, 6) is -12.3. The third-order valence-electron chi connectivity index (χ3n) is 19.6. The molecule has 4 aromatic carbocycles. The molecular weight excluding hydrogens is 1550 g/mol. The average Bonchev–Trinajstić information content (AvgIpc) is 1.21. The maximum atomic E-state index is 15.0. The van der Waals surface area contributed by atoms with Crippen LogP contribution in [0.1, 0.15) is 93.0 Å². The molecular formula is C79H109N20O18S-. The number of aromatic amines is 2. The maximum Gasteiger partial charge on any atom is 0.317 e. The van der Waals surface area contributed by atoms with Crippen LogP contribution in [0.25, 0.3) is 21.7 Å². The number of hydrogen-bond acceptors (Lipinski definition) is 23. The van der Waals surface area contributed by atoms with Crippen LogP contribution in [0, 0.1) is 17.0 Å². The summed E-state index contributed by atoms with van der Waals surface area (Å²) in [6.45, 7) is 7.85. The number of fused-ring (bicyclic) bond motifs is 2. The van der Waals surface area contributed by atoms with Crippen molar-refractivity contribution in [3.8, 4) is 0 Å². The molecule has 1 saturated heterocycles. The number of nitrogens with two attached hydrogens (primary N) is 2. The maximum absolute atomic E-state index is 15.0. The number of para-hydroxylation sites is 1. The van der Waals surface area contributed by atoms with Crippen molar-refractivity contribution in [2.24, 2.45) is 23.3 Å². The topological polar surface area (TPSA) is 556 Å². The van der Waals surface area contributed by atoms with Gasteiger partial charge in [0.2, 0.25) is 59.1 Å². The summed E-state index contributed by atoms with van der Waals surface area (Å²) in [4.78, 5) is 205. The van der Waals surface area contributed by atoms with Crippen molar-refractivity contribution in [2.45, 2.75) is 135 Å². The number of carboxylic acid groups (broad SMARTS) is 3. The molecule has 6 aromatic rings. The zero-order chi connectivity index (χ0) is 86.1. The number of carboxylic acids is 3. The number of hydroxylamine groups is 1. The van der Waals surface area contributed by atoms with E-state index in [9.17, 15) is 82.9 Å². The molecule has 640 valence electrons. The summed E-state index contributed by atoms with van der Waals surface area (Å²) in [6, 6.07) is 16.5. The SMILES string of the molecule is CSCC[C@H](NC(=O)[C@H](CC(C)C)NC(=O)[C@H](Cc1cnc[nH]1)NC(=O)CNN([O-])[C@@H](NC(=O)C(C)NC(=O)[C@H](Cc1c[nH]c2ccccc12)NC(=O)[C@H](CCC(N)=O)NC(=O)C(Cc1cccc2ccccc12)NC(=O)c1ccc(CNC(=O)CN2CCN(CC(=O)O)CCN(CC(=O)O)CCN(CC(=O)O)CC2)cc1)C(C)C)C(N)=O. The lowest BCUT2D eigenvalue weighted by Gasteiger charge is -2.40. The Balaban J connectivity index is 1.04. The molecule has 11 amide bonds. The Kier molecular flexibility index (Phi) is 37.4. The van der Waals surface area contributed by atoms with Crippen LogP contribution in [-0.2, 0) is 88.1 Å². The molecule has 0 saturated carbocycles. The minimum atomic E-state index is -1.61. The first-order valence-electron chi connectivity index (χ1n) is 38.8. The highest BCUT2D eigenvalue weighted by atomic mass is 32.2. The van der Waals surface area contributed by atoms with E-state index in [0.29, 0.717) is 39.0 Å². The zero-order valence-corrected chi connectivity index (χ0v) is 67.8. The van der Waals surface area contributed by atoms with Crippen molar-refractivity contribution < 1.29 is 82.4 Å². The molecule has 38 nitrogen and oxygen atoms in total. The Morgan fingerprint density at radius 2 is 1.05 bits per heavy atom. The second kappa shape index (κ2) is 47.1. The second-order valence-electron chi connectivity index (χ2n) is 29.7. The first kappa shape index (κ1) is 93.7. The number of carbonyl (C=O) groups excluding carboxylic acids is 11. The smallest absolute Gasteiger partial charge is 0.317 e. The lowest BCUT2D eigenvalue weighted by atomic mass is 9.97. The molecule has 7 rings (SSSR count). The number of aromatic nitrogens is 3. The van der Waals surface area contributed by atoms with Crippen LogP contribution >= 0.6 is 11.8 Å². The predicted octanol–water partition coefficient (Wildman–Crippen LogP) is -1.16. The van der Waals surface area contributed by atoms with Gasteiger partial charge in [-0.15, -0.1) is 0 Å². The number of carbonyl (C=O) groups is 14. The van der Waals surface area contributed by atoms with E-state index in [0.717, 1.165) is 10.8 Å². The van der Waals surface area contributed by atoms with E-state index >= 15 is 4.79 Å². The molecule has 39 heteroatoms. The van der Waals surface area contributed by atoms with Crippen molar-refractivity contribution in [3.05, 3.63) is 143 Å². The third kappa shape index (κ3) is 31.2. The first-order valence-corrected chi connectivity index (χ1v) is 40.2. The van der Waals surface area contributed by atoms with Crippen molar-refractivity contribution in [3.63, 3.8) is 0 Å². The van der Waals surface area contributed by atoms with E-state index in [1.165, 1.54) is 43.3 Å². The van der Waals surface area contributed by atoms with Crippen LogP contribution in [0.15, 0.2) is 110 Å². The van der Waals surface area contributed by atoms with E-state index in [4.69, 9.17) is 11.5 Å². The van der Waals surface area contributed by atoms with Gasteiger partial charge in [0, 0.05) is 119 Å². The van der Waals surface area contributed by atoms with Gasteiger partial charge < -0.3 is 89.8 Å². The molecule has 2 unspecified atom stereocenters. The standard InChI is InChI=1S/C79H109N20O18S/c1-47(2)34-61(77(114)89-59(71(81)109)24-33-118-6)92-79(116)64(37-55-40-82-46-85-55)88-66(101)41-86-99(117)72(48(3)4)94-73(110)49(5)87-76(113)63(36-54-39-83-58-17-10-9-16-57(54)58)93-75(112)60(22-23-65(80)100)90-78(115)62(35-53-14-11-13-51-12-7-8-15-56(51)53)91-74(111)52-20-18-50(19-21-52)38-84-67(102)42-95-25-27-96(43-68(103)104)29-31-98(45-70(107)108)32-30-97(28-26-95)44-69(105)106/h7-21,39-40,46-49,59-64,72,83,86H,22-38,41-45H2,1-6H3,(H2,80,100)(H2,81,109)(H,82,85)(H,84,102)(H,87,113)(H,88,101)(H,89,114)(H,90,115)(H,91,111)(H,92,116)(H,93,112)(H,94,110)(H,103,104)(H,105,106)(H,107,108)/q-1/t49?,59-,60-,61-,62?,63-,64-,72+/m0/s1. The molecule has 8 atom stereocenters. The number of amides is 11. The Morgan fingerprint density at radius 3 is 1.62 bits per heavy atom. The molecule has 1 fully saturated rings. The number of nitrogens with zero attached hydrogens (tertiary/aromatic N) is 6. The quantitative estimate of drug-likeness (QED) is 0.0158. The van der Waals surface area contributed by atoms with Gasteiger partial charge in [-0.05, 0) is 95.7 Å². The minimum absolute atomic E-state index is 0.00872. The van der Waals surface area contributed by atoms with Crippen LogP contribution in [0.2, 0.25) is 0 Å². The first-order chi connectivity index (χ1) is 56.2. The van der Waals surface area contributed by atoms with Gasteiger partial charge in [0.25, 0.3) is 5.91 Å². The van der Waals surface area contributed by atoms with Crippen molar-refractivity contribution in [1.82, 2.24) is 93.0 Å². The number of rotatable bonds is 45. The van der Waals surface area contributed by atoms with E-state index in [-0.39, 0.29) is 134 Å². The molecule has 0 aliphatic carbocycles. The predicted molar refractivity (Wildman–Crippen MR) is 437 cm³/mol. The lowest BCUT2D eigenvalue weighted by Crippen LogP contribution is -2.61. The van der Waals surface area contributed by atoms with Crippen LogP contribution in [-0.4, -0.2) is 283 Å². The van der Waals surface area contributed by atoms with Gasteiger partial charge in [0.1, 0.15) is 42.3 Å². The van der Waals surface area contributed by atoms with Crippen molar-refractivity contribution >= 4 is 116 Å². The lowest BCUT2D eigenvalue weighted by molar-refractivity contribution is -0.140. The molecule has 1 aliphatic rings. The summed E-state index contributed by atoms with van der Waals surface area (Å²) in [5, 5.41) is 69.4. The molecule has 2 aromatic heterocycles. The number of benzene rings is 4. The minimum Gasteiger partial charge on any atom is -0.770 e. The van der Waals surface area contributed by atoms with E-state index in [1.807, 2.05) is 44.4 Å². The summed E-state index contributed by atoms with van der Waals surface area (Å²) in [6.07, 6.45) is 3.89. The van der Waals surface area contributed by atoms with Gasteiger partial charge in [-0.1, -0.05) is 100 Å². The highest BCUT2D eigenvalue weighted by molar-refractivity contribution is 7.98. The average molecular weight is 1660 g/mol. The Hall–Kier alpha value is -11.5. The van der Waals surface area contributed by atoms with Crippen LogP contribution in [0.4, 0.5) is 0 Å². The highest BCUT2D eigenvalue weighted by Crippen LogP contribution is 2.23. The fourth-order valence-electron chi connectivity index (χ4n) is 13.2. The highest BCUT2D eigenvalue weighted by Gasteiger charge is 2.35. The number of nitrogens with one attached hydrogen (secondary N) is 12. The van der Waals surface area contributed by atoms with Crippen LogP contribution in [0.3, 0.4) is 0 Å². The third-order valence-corrected chi connectivity index (χ3v) is 20.3. The van der Waals surface area contributed by atoms with E-state index in [2.05, 4.69) is 68.2 Å². The number of aliphatic carboxylic acids is 3. The largest absolute Gasteiger partial charge is 0.770 e. The Bertz CT molecular complexity index is 4380. The Morgan fingerprint density at radius 1 is 0.534 bits per heavy atom. The van der Waals surface area contributed by atoms with Gasteiger partial charge in [-0.3, -0.25) is 97.3 Å². The van der Waals surface area contributed by atoms with Gasteiger partial charge >= 0.3 is 17.9 Å². The van der Waals surface area contributed by atoms with E-state index < -0.39 is 157 Å². The number of imidazole rings is 1. The molecule has 0 bridgehead atoms. The number of H-pyrrole nitrogens is 2. The Labute approximate surface area is 686 Å². The number of hydrogen-bond donors (Lipinski definition) is 17. The summed E-state index contributed by atoms with van der Waals surface area (Å²) >= 11 is 1.45. The fourth-order valence-corrected chi connectivity index (χ4v) is 13.7. The fraction of sp³-hybridized carbons (Fsp3) is 0.481. The molecule has 0 spiro atoms. The van der Waals surface area contributed by atoms with Gasteiger partial charge in [0.15, 0.2) is 0 Å². The molecule has 19 N–H and O–H groups in total.